The van der Waals surface area contributed by atoms with Crippen molar-refractivity contribution in [1.82, 2.24) is 0 Å². The normalized spacial score (nSPS) is 10.2. The average Bonchev–Trinajstić information content (AvgIpc) is 2.54. The van der Waals surface area contributed by atoms with Crippen LogP contribution in [0.2, 0.25) is 0 Å². The standard InChI is InChI=1S/C17H21NO3/c1-19-12-14-6-4-13(5-7-14)11-18-15-8-9-16(20-2)17(10-15)21-3/h4-10,18H,11-12H2,1-3H3. The molecule has 0 aliphatic carbocycles. The minimum absolute atomic E-state index is 0.642. The fourth-order valence-electron chi connectivity index (χ4n) is 2.07. The van der Waals surface area contributed by atoms with Crippen LogP contribution in [0.5, 0.6) is 11.5 Å². The molecule has 112 valence electrons. The molecule has 0 bridgehead atoms. The molecule has 0 fully saturated rings. The van der Waals surface area contributed by atoms with Crippen LogP contribution in [-0.4, -0.2) is 21.3 Å². The molecular weight excluding hydrogens is 266 g/mol. The molecule has 0 aromatic heterocycles. The molecule has 4 nitrogen and oxygen atoms in total. The van der Waals surface area contributed by atoms with Crippen molar-refractivity contribution in [3.8, 4) is 11.5 Å². The van der Waals surface area contributed by atoms with E-state index < -0.39 is 0 Å². The van der Waals surface area contributed by atoms with Crippen LogP contribution in [0, 0.1) is 0 Å². The molecule has 0 saturated heterocycles. The predicted molar refractivity (Wildman–Crippen MR) is 84.0 cm³/mol. The van der Waals surface area contributed by atoms with Crippen molar-refractivity contribution < 1.29 is 14.2 Å². The molecule has 2 aromatic rings. The summed E-state index contributed by atoms with van der Waals surface area (Å²) in [5.74, 6) is 1.45. The highest BCUT2D eigenvalue weighted by Gasteiger charge is 2.04. The summed E-state index contributed by atoms with van der Waals surface area (Å²) in [6.07, 6.45) is 0. The summed E-state index contributed by atoms with van der Waals surface area (Å²) in [6, 6.07) is 14.1. The zero-order valence-corrected chi connectivity index (χ0v) is 12.7. The van der Waals surface area contributed by atoms with E-state index in [1.807, 2.05) is 18.2 Å². The molecule has 0 atom stereocenters. The molecule has 1 N–H and O–H groups in total. The van der Waals surface area contributed by atoms with E-state index in [-0.39, 0.29) is 0 Å². The van der Waals surface area contributed by atoms with Crippen LogP contribution in [0.25, 0.3) is 0 Å². The van der Waals surface area contributed by atoms with Gasteiger partial charge < -0.3 is 19.5 Å². The van der Waals surface area contributed by atoms with Crippen LogP contribution in [0.15, 0.2) is 42.5 Å². The molecule has 21 heavy (non-hydrogen) atoms. The van der Waals surface area contributed by atoms with Gasteiger partial charge in [-0.3, -0.25) is 0 Å². The van der Waals surface area contributed by atoms with Crippen LogP contribution in [0.4, 0.5) is 5.69 Å². The first kappa shape index (κ1) is 15.2. The minimum atomic E-state index is 0.642. The predicted octanol–water partition coefficient (Wildman–Crippen LogP) is 3.46. The smallest absolute Gasteiger partial charge is 0.162 e. The molecule has 0 heterocycles. The highest BCUT2D eigenvalue weighted by atomic mass is 16.5. The van der Waals surface area contributed by atoms with Crippen LogP contribution in [0.3, 0.4) is 0 Å². The number of ether oxygens (including phenoxy) is 3. The van der Waals surface area contributed by atoms with Crippen molar-refractivity contribution in [2.24, 2.45) is 0 Å². The summed E-state index contributed by atoms with van der Waals surface area (Å²) in [4.78, 5) is 0. The van der Waals surface area contributed by atoms with Crippen molar-refractivity contribution >= 4 is 5.69 Å². The van der Waals surface area contributed by atoms with E-state index in [1.165, 1.54) is 11.1 Å². The molecule has 0 saturated carbocycles. The molecule has 0 aliphatic rings. The van der Waals surface area contributed by atoms with Gasteiger partial charge in [-0.2, -0.15) is 0 Å². The van der Waals surface area contributed by atoms with Gasteiger partial charge in [-0.15, -0.1) is 0 Å². The van der Waals surface area contributed by atoms with E-state index in [0.717, 1.165) is 23.7 Å². The van der Waals surface area contributed by atoms with Gasteiger partial charge in [0.05, 0.1) is 20.8 Å². The molecule has 0 amide bonds. The van der Waals surface area contributed by atoms with Gasteiger partial charge >= 0.3 is 0 Å². The highest BCUT2D eigenvalue weighted by molar-refractivity contribution is 5.54. The summed E-state index contributed by atoms with van der Waals surface area (Å²) in [5.41, 5.74) is 3.38. The summed E-state index contributed by atoms with van der Waals surface area (Å²) in [6.45, 7) is 1.39. The second-order valence-electron chi connectivity index (χ2n) is 4.67. The number of rotatable bonds is 7. The van der Waals surface area contributed by atoms with Gasteiger partial charge in [0.25, 0.3) is 0 Å². The molecule has 2 aromatic carbocycles. The first-order valence-electron chi connectivity index (χ1n) is 6.79. The maximum absolute atomic E-state index is 5.29. The molecule has 0 unspecified atom stereocenters. The van der Waals surface area contributed by atoms with Crippen molar-refractivity contribution in [1.29, 1.82) is 0 Å². The van der Waals surface area contributed by atoms with E-state index in [2.05, 4.69) is 29.6 Å². The minimum Gasteiger partial charge on any atom is -0.493 e. The van der Waals surface area contributed by atoms with Crippen LogP contribution in [-0.2, 0) is 17.9 Å². The topological polar surface area (TPSA) is 39.7 Å². The van der Waals surface area contributed by atoms with Gasteiger partial charge in [-0.05, 0) is 23.3 Å². The Morgan fingerprint density at radius 3 is 2.10 bits per heavy atom. The Balaban J connectivity index is 1.99. The first-order valence-corrected chi connectivity index (χ1v) is 6.79. The lowest BCUT2D eigenvalue weighted by Gasteiger charge is -2.11. The van der Waals surface area contributed by atoms with Gasteiger partial charge in [0.15, 0.2) is 11.5 Å². The van der Waals surface area contributed by atoms with Gasteiger partial charge in [-0.25, -0.2) is 0 Å². The third-order valence-electron chi connectivity index (χ3n) is 3.21. The summed E-state index contributed by atoms with van der Waals surface area (Å²) in [7, 11) is 4.97. The summed E-state index contributed by atoms with van der Waals surface area (Å²) >= 11 is 0. The Hall–Kier alpha value is -2.20. The summed E-state index contributed by atoms with van der Waals surface area (Å²) < 4.78 is 15.6. The van der Waals surface area contributed by atoms with Gasteiger partial charge in [0, 0.05) is 25.4 Å². The number of hydrogen-bond acceptors (Lipinski definition) is 4. The fourth-order valence-corrected chi connectivity index (χ4v) is 2.07. The molecule has 0 aliphatic heterocycles. The van der Waals surface area contributed by atoms with E-state index in [4.69, 9.17) is 14.2 Å². The number of benzene rings is 2. The largest absolute Gasteiger partial charge is 0.493 e. The summed E-state index contributed by atoms with van der Waals surface area (Å²) in [5, 5.41) is 3.37. The van der Waals surface area contributed by atoms with E-state index in [1.54, 1.807) is 21.3 Å². The average molecular weight is 287 g/mol. The third-order valence-corrected chi connectivity index (χ3v) is 3.21. The molecule has 2 rings (SSSR count). The number of anilines is 1. The Labute approximate surface area is 125 Å². The molecule has 0 spiro atoms. The maximum atomic E-state index is 5.29. The Bertz CT molecular complexity index is 567. The third kappa shape index (κ3) is 4.13. The van der Waals surface area contributed by atoms with Crippen molar-refractivity contribution in [2.45, 2.75) is 13.2 Å². The monoisotopic (exact) mass is 287 g/mol. The number of hydrogen-bond donors (Lipinski definition) is 1. The van der Waals surface area contributed by atoms with E-state index in [9.17, 15) is 0 Å². The van der Waals surface area contributed by atoms with Crippen molar-refractivity contribution in [3.63, 3.8) is 0 Å². The van der Waals surface area contributed by atoms with Crippen LogP contribution >= 0.6 is 0 Å². The molecular formula is C17H21NO3. The van der Waals surface area contributed by atoms with Gasteiger partial charge in [0.2, 0.25) is 0 Å². The van der Waals surface area contributed by atoms with Crippen LogP contribution < -0.4 is 14.8 Å². The Morgan fingerprint density at radius 1 is 0.810 bits per heavy atom. The zero-order chi connectivity index (χ0) is 15.1. The Morgan fingerprint density at radius 2 is 1.48 bits per heavy atom. The molecule has 0 radical (unpaired) electrons. The lowest BCUT2D eigenvalue weighted by atomic mass is 10.1. The van der Waals surface area contributed by atoms with Gasteiger partial charge in [0.1, 0.15) is 0 Å². The first-order chi connectivity index (χ1) is 10.3. The fraction of sp³-hybridized carbons (Fsp3) is 0.294. The maximum Gasteiger partial charge on any atom is 0.162 e. The lowest BCUT2D eigenvalue weighted by molar-refractivity contribution is 0.185. The highest BCUT2D eigenvalue weighted by Crippen LogP contribution is 2.29. The quantitative estimate of drug-likeness (QED) is 0.846. The second kappa shape index (κ2) is 7.55. The van der Waals surface area contributed by atoms with Crippen molar-refractivity contribution in [2.75, 3.05) is 26.6 Å². The lowest BCUT2D eigenvalue weighted by Crippen LogP contribution is -2.00. The second-order valence-corrected chi connectivity index (χ2v) is 4.67. The number of methoxy groups -OCH3 is 3. The van der Waals surface area contributed by atoms with Gasteiger partial charge in [-0.1, -0.05) is 24.3 Å². The molecule has 4 heteroatoms. The van der Waals surface area contributed by atoms with E-state index in [0.29, 0.717) is 6.61 Å². The van der Waals surface area contributed by atoms with Crippen molar-refractivity contribution in [3.05, 3.63) is 53.6 Å². The SMILES string of the molecule is COCc1ccc(CNc2ccc(OC)c(OC)c2)cc1. The number of nitrogens with one attached hydrogen (secondary N) is 1. The Kier molecular flexibility index (Phi) is 5.46. The van der Waals surface area contributed by atoms with Crippen LogP contribution in [0.1, 0.15) is 11.1 Å². The van der Waals surface area contributed by atoms with E-state index >= 15 is 0 Å². The zero-order valence-electron chi connectivity index (χ0n) is 12.7.